The molecule has 2 aliphatic heterocycles. The molecule has 0 saturated carbocycles. The minimum atomic E-state index is -0.270. The first-order chi connectivity index (χ1) is 14.7. The average Bonchev–Trinajstić information content (AvgIpc) is 2.79. The maximum Gasteiger partial charge on any atom is 0.225 e. The second-order valence-corrected chi connectivity index (χ2v) is 7.17. The summed E-state index contributed by atoms with van der Waals surface area (Å²) >= 11 is 0. The minimum Gasteiger partial charge on any atom is -0.467 e. The third-order valence-electron chi connectivity index (χ3n) is 5.14. The average molecular weight is 542 g/mol. The third-order valence-corrected chi connectivity index (χ3v) is 5.14. The number of hydrogen-bond acceptors (Lipinski definition) is 6. The van der Waals surface area contributed by atoms with Gasteiger partial charge in [0.2, 0.25) is 5.95 Å². The third kappa shape index (κ3) is 5.94. The zero-order valence-electron chi connectivity index (χ0n) is 17.6. The Balaban J connectivity index is 0.00000272. The summed E-state index contributed by atoms with van der Waals surface area (Å²) in [6.07, 6.45) is 4.13. The number of hydrogen-bond donors (Lipinski definition) is 1. The molecule has 3 heterocycles. The van der Waals surface area contributed by atoms with Crippen molar-refractivity contribution in [3.63, 3.8) is 0 Å². The van der Waals surface area contributed by atoms with Crippen LogP contribution in [-0.4, -0.2) is 66.9 Å². The van der Waals surface area contributed by atoms with Crippen LogP contribution < -0.4 is 15.0 Å². The maximum absolute atomic E-state index is 13.9. The number of rotatable bonds is 5. The lowest BCUT2D eigenvalue weighted by atomic mass is 10.1. The van der Waals surface area contributed by atoms with Crippen LogP contribution >= 0.6 is 24.0 Å². The number of guanidine groups is 1. The van der Waals surface area contributed by atoms with E-state index >= 15 is 0 Å². The second-order valence-electron chi connectivity index (χ2n) is 7.17. The van der Waals surface area contributed by atoms with Crippen molar-refractivity contribution < 1.29 is 13.9 Å². The molecule has 10 heteroatoms. The molecule has 0 radical (unpaired) electrons. The summed E-state index contributed by atoms with van der Waals surface area (Å²) in [4.78, 5) is 17.9. The predicted molar refractivity (Wildman–Crippen MR) is 128 cm³/mol. The molecule has 2 aromatic rings. The van der Waals surface area contributed by atoms with E-state index in [0.29, 0.717) is 19.6 Å². The molecule has 0 bridgehead atoms. The summed E-state index contributed by atoms with van der Waals surface area (Å²) in [5.41, 5.74) is 1.59. The van der Waals surface area contributed by atoms with Crippen molar-refractivity contribution in [2.24, 2.45) is 4.99 Å². The zero-order valence-corrected chi connectivity index (χ0v) is 19.9. The molecular weight excluding hydrogens is 514 g/mol. The number of anilines is 1. The van der Waals surface area contributed by atoms with E-state index in [9.17, 15) is 4.39 Å². The Kier molecular flexibility index (Phi) is 8.64. The lowest BCUT2D eigenvalue weighted by Gasteiger charge is -2.36. The van der Waals surface area contributed by atoms with Gasteiger partial charge in [-0.15, -0.1) is 24.0 Å². The number of piperazine rings is 1. The molecule has 0 spiro atoms. The lowest BCUT2D eigenvalue weighted by molar-refractivity contribution is -0.0172. The van der Waals surface area contributed by atoms with E-state index in [-0.39, 0.29) is 36.6 Å². The van der Waals surface area contributed by atoms with Crippen LogP contribution in [0.2, 0.25) is 0 Å². The van der Waals surface area contributed by atoms with E-state index in [4.69, 9.17) is 14.5 Å². The van der Waals surface area contributed by atoms with Gasteiger partial charge in [0.25, 0.3) is 0 Å². The van der Waals surface area contributed by atoms with Gasteiger partial charge in [-0.3, -0.25) is 4.99 Å². The van der Waals surface area contributed by atoms with E-state index in [1.54, 1.807) is 12.4 Å². The summed E-state index contributed by atoms with van der Waals surface area (Å²) in [5, 5.41) is 3.37. The highest BCUT2D eigenvalue weighted by atomic mass is 127. The van der Waals surface area contributed by atoms with Crippen LogP contribution in [0.5, 0.6) is 5.75 Å². The van der Waals surface area contributed by atoms with Gasteiger partial charge in [0, 0.05) is 57.2 Å². The molecule has 168 valence electrons. The van der Waals surface area contributed by atoms with E-state index in [1.165, 1.54) is 12.1 Å². The molecule has 1 saturated heterocycles. The zero-order chi connectivity index (χ0) is 20.8. The monoisotopic (exact) mass is 542 g/mol. The first-order valence-corrected chi connectivity index (χ1v) is 10.3. The fourth-order valence-electron chi connectivity index (χ4n) is 3.72. The normalized spacial score (nSPS) is 16.3. The van der Waals surface area contributed by atoms with Gasteiger partial charge in [0.1, 0.15) is 11.6 Å². The van der Waals surface area contributed by atoms with Crippen molar-refractivity contribution in [3.8, 4) is 5.75 Å². The molecule has 4 rings (SSSR count). The first kappa shape index (κ1) is 23.5. The molecule has 8 nitrogen and oxygen atoms in total. The SMILES string of the molecule is CCNC(=NCCc1cc(F)cc2c1OCOC2)N1CCN(c2ncccn2)CC1.I. The molecule has 0 aliphatic carbocycles. The molecule has 2 aliphatic rings. The number of benzene rings is 1. The van der Waals surface area contributed by atoms with Gasteiger partial charge in [-0.05, 0) is 37.1 Å². The van der Waals surface area contributed by atoms with E-state index in [0.717, 1.165) is 61.5 Å². The van der Waals surface area contributed by atoms with Gasteiger partial charge in [0.15, 0.2) is 12.8 Å². The maximum atomic E-state index is 13.9. The van der Waals surface area contributed by atoms with E-state index < -0.39 is 0 Å². The fraction of sp³-hybridized carbons (Fsp3) is 0.476. The van der Waals surface area contributed by atoms with Crippen LogP contribution in [0.3, 0.4) is 0 Å². The number of aromatic nitrogens is 2. The Hall–Kier alpha value is -2.21. The summed E-state index contributed by atoms with van der Waals surface area (Å²) in [7, 11) is 0. The Labute approximate surface area is 198 Å². The number of fused-ring (bicyclic) bond motifs is 1. The number of nitrogens with zero attached hydrogens (tertiary/aromatic N) is 5. The summed E-state index contributed by atoms with van der Waals surface area (Å²) in [6, 6.07) is 4.83. The Morgan fingerprint density at radius 1 is 1.19 bits per heavy atom. The van der Waals surface area contributed by atoms with Crippen molar-refractivity contribution in [2.75, 3.05) is 51.0 Å². The highest BCUT2D eigenvalue weighted by Crippen LogP contribution is 2.29. The van der Waals surface area contributed by atoms with Gasteiger partial charge >= 0.3 is 0 Å². The number of ether oxygens (including phenoxy) is 2. The van der Waals surface area contributed by atoms with Crippen LogP contribution in [0.1, 0.15) is 18.1 Å². The van der Waals surface area contributed by atoms with Gasteiger partial charge in [-0.25, -0.2) is 14.4 Å². The number of aliphatic imine (C=N–C) groups is 1. The molecule has 31 heavy (non-hydrogen) atoms. The quantitative estimate of drug-likeness (QED) is 0.354. The van der Waals surface area contributed by atoms with Crippen LogP contribution in [-0.2, 0) is 17.8 Å². The fourth-order valence-corrected chi connectivity index (χ4v) is 3.72. The Morgan fingerprint density at radius 3 is 2.71 bits per heavy atom. The van der Waals surface area contributed by atoms with E-state index in [2.05, 4.69) is 32.0 Å². The van der Waals surface area contributed by atoms with Crippen molar-refractivity contribution in [3.05, 3.63) is 47.5 Å². The predicted octanol–water partition coefficient (Wildman–Crippen LogP) is 2.43. The molecule has 1 aromatic heterocycles. The van der Waals surface area contributed by atoms with Crippen LogP contribution in [0.15, 0.2) is 35.6 Å². The van der Waals surface area contributed by atoms with Gasteiger partial charge in [-0.1, -0.05) is 0 Å². The lowest BCUT2D eigenvalue weighted by Crippen LogP contribution is -2.53. The smallest absolute Gasteiger partial charge is 0.225 e. The molecular formula is C21H28FIN6O2. The highest BCUT2D eigenvalue weighted by molar-refractivity contribution is 14.0. The van der Waals surface area contributed by atoms with Crippen molar-refractivity contribution >= 4 is 35.9 Å². The molecule has 0 unspecified atom stereocenters. The summed E-state index contributed by atoms with van der Waals surface area (Å²) < 4.78 is 24.8. The van der Waals surface area contributed by atoms with Crippen LogP contribution in [0.25, 0.3) is 0 Å². The second kappa shape index (κ2) is 11.4. The Bertz CT molecular complexity index is 878. The molecule has 0 amide bonds. The Morgan fingerprint density at radius 2 is 1.97 bits per heavy atom. The summed E-state index contributed by atoms with van der Waals surface area (Å²) in [5.74, 6) is 2.10. The molecule has 1 aromatic carbocycles. The standard InChI is InChI=1S/C21H27FN6O2.HI/c1-2-23-20(27-8-10-28(11-9-27)21-24-5-3-6-25-21)26-7-4-16-12-18(22)13-17-14-29-15-30-19(16)17;/h3,5-6,12-13H,2,4,7-11,14-15H2,1H3,(H,23,26);1H. The van der Waals surface area contributed by atoms with Crippen LogP contribution in [0.4, 0.5) is 10.3 Å². The van der Waals surface area contributed by atoms with Crippen molar-refractivity contribution in [1.82, 2.24) is 20.2 Å². The van der Waals surface area contributed by atoms with E-state index in [1.807, 2.05) is 6.07 Å². The number of nitrogens with one attached hydrogen (secondary N) is 1. The highest BCUT2D eigenvalue weighted by Gasteiger charge is 2.21. The summed E-state index contributed by atoms with van der Waals surface area (Å²) in [6.45, 7) is 7.30. The first-order valence-electron chi connectivity index (χ1n) is 10.3. The van der Waals surface area contributed by atoms with Crippen molar-refractivity contribution in [2.45, 2.75) is 20.0 Å². The van der Waals surface area contributed by atoms with Crippen LogP contribution in [0, 0.1) is 5.82 Å². The van der Waals surface area contributed by atoms with Gasteiger partial charge in [-0.2, -0.15) is 0 Å². The van der Waals surface area contributed by atoms with Gasteiger partial charge < -0.3 is 24.6 Å². The largest absolute Gasteiger partial charge is 0.467 e. The van der Waals surface area contributed by atoms with Crippen molar-refractivity contribution in [1.29, 1.82) is 0 Å². The topological polar surface area (TPSA) is 75.1 Å². The minimum absolute atomic E-state index is 0. The van der Waals surface area contributed by atoms with Gasteiger partial charge in [0.05, 0.1) is 6.61 Å². The number of halogens is 2. The molecule has 1 fully saturated rings. The molecule has 1 N–H and O–H groups in total. The molecule has 0 atom stereocenters.